The van der Waals surface area contributed by atoms with Gasteiger partial charge in [-0.15, -0.1) is 6.58 Å². The molecule has 0 bridgehead atoms. The average Bonchev–Trinajstić information content (AvgIpc) is 1.88. The summed E-state index contributed by atoms with van der Waals surface area (Å²) in [4.78, 5) is 10.00. The zero-order valence-electron chi connectivity index (χ0n) is 6.75. The van der Waals surface area contributed by atoms with E-state index in [1.165, 1.54) is 0 Å². The molecule has 1 N–H and O–H groups in total. The molecule has 0 aromatic carbocycles. The van der Waals surface area contributed by atoms with Crippen LogP contribution >= 0.6 is 15.9 Å². The minimum absolute atomic E-state index is 0.00694. The topological polar surface area (TPSA) is 37.3 Å². The molecule has 0 heterocycles. The van der Waals surface area contributed by atoms with E-state index in [-0.39, 0.29) is 5.92 Å². The molecule has 0 rings (SSSR count). The zero-order valence-corrected chi connectivity index (χ0v) is 8.34. The molecular weight excluding hydrogens is 208 g/mol. The van der Waals surface area contributed by atoms with Crippen LogP contribution in [0.5, 0.6) is 0 Å². The van der Waals surface area contributed by atoms with E-state index in [2.05, 4.69) is 22.5 Å². The first-order valence-corrected chi connectivity index (χ1v) is 4.41. The van der Waals surface area contributed by atoms with Gasteiger partial charge in [0.2, 0.25) is 0 Å². The first-order chi connectivity index (χ1) is 5.00. The van der Waals surface area contributed by atoms with Crippen LogP contribution in [0.1, 0.15) is 13.8 Å². The highest BCUT2D eigenvalue weighted by atomic mass is 79.9. The first-order valence-electron chi connectivity index (χ1n) is 3.50. The van der Waals surface area contributed by atoms with E-state index in [4.69, 9.17) is 5.11 Å². The van der Waals surface area contributed by atoms with Gasteiger partial charge in [-0.2, -0.15) is 0 Å². The molecule has 3 heteroatoms. The van der Waals surface area contributed by atoms with Crippen molar-refractivity contribution in [2.75, 3.05) is 0 Å². The molecule has 0 aliphatic heterocycles. The Bertz CT molecular complexity index is 154. The highest BCUT2D eigenvalue weighted by Crippen LogP contribution is 2.22. The van der Waals surface area contributed by atoms with Gasteiger partial charge in [0, 0.05) is 5.92 Å². The molecule has 0 amide bonds. The maximum absolute atomic E-state index is 10.5. The molecule has 0 fully saturated rings. The lowest BCUT2D eigenvalue weighted by Gasteiger charge is -2.18. The summed E-state index contributed by atoms with van der Waals surface area (Å²) < 4.78 is 0. The molecule has 0 radical (unpaired) electrons. The maximum Gasteiger partial charge on any atom is 0.317 e. The number of carboxylic acid groups (broad SMARTS) is 1. The third-order valence-electron chi connectivity index (χ3n) is 1.62. The number of aliphatic carboxylic acids is 1. The normalized spacial score (nSPS) is 16.0. The molecule has 0 aliphatic rings. The van der Waals surface area contributed by atoms with Crippen LogP contribution in [-0.2, 0) is 4.79 Å². The molecule has 0 aliphatic carbocycles. The van der Waals surface area contributed by atoms with Gasteiger partial charge >= 0.3 is 5.97 Å². The number of hydrogen-bond donors (Lipinski definition) is 1. The van der Waals surface area contributed by atoms with E-state index in [1.807, 2.05) is 13.8 Å². The van der Waals surface area contributed by atoms with Crippen LogP contribution < -0.4 is 0 Å². The number of alkyl halides is 1. The number of carbonyl (C=O) groups is 1. The average molecular weight is 221 g/mol. The summed E-state index contributed by atoms with van der Waals surface area (Å²) in [6, 6.07) is 0. The van der Waals surface area contributed by atoms with E-state index in [0.29, 0.717) is 5.92 Å². The number of allylic oxidation sites excluding steroid dienone is 1. The van der Waals surface area contributed by atoms with Gasteiger partial charge in [0.05, 0.1) is 0 Å². The van der Waals surface area contributed by atoms with E-state index >= 15 is 0 Å². The van der Waals surface area contributed by atoms with Crippen molar-refractivity contribution in [1.29, 1.82) is 0 Å². The van der Waals surface area contributed by atoms with Gasteiger partial charge in [-0.05, 0) is 5.92 Å². The summed E-state index contributed by atoms with van der Waals surface area (Å²) in [6.07, 6.45) is 1.68. The molecule has 0 aromatic heterocycles. The van der Waals surface area contributed by atoms with E-state index in [0.717, 1.165) is 0 Å². The van der Waals surface area contributed by atoms with Crippen molar-refractivity contribution in [3.63, 3.8) is 0 Å². The van der Waals surface area contributed by atoms with E-state index < -0.39 is 10.8 Å². The van der Waals surface area contributed by atoms with E-state index in [9.17, 15) is 4.79 Å². The minimum Gasteiger partial charge on any atom is -0.480 e. The second-order valence-electron chi connectivity index (χ2n) is 2.80. The lowest BCUT2D eigenvalue weighted by atomic mass is 9.93. The van der Waals surface area contributed by atoms with Crippen LogP contribution in [0, 0.1) is 11.8 Å². The van der Waals surface area contributed by atoms with Gasteiger partial charge in [0.1, 0.15) is 4.83 Å². The molecule has 0 saturated carbocycles. The van der Waals surface area contributed by atoms with Gasteiger partial charge in [0.25, 0.3) is 0 Å². The Morgan fingerprint density at radius 3 is 2.18 bits per heavy atom. The van der Waals surface area contributed by atoms with Crippen LogP contribution in [-0.4, -0.2) is 15.9 Å². The predicted octanol–water partition coefficient (Wildman–Crippen LogP) is 2.29. The summed E-state index contributed by atoms with van der Waals surface area (Å²) >= 11 is 3.10. The quantitative estimate of drug-likeness (QED) is 0.584. The van der Waals surface area contributed by atoms with E-state index in [1.54, 1.807) is 6.08 Å². The van der Waals surface area contributed by atoms with Crippen LogP contribution in [0.3, 0.4) is 0 Å². The van der Waals surface area contributed by atoms with Crippen molar-refractivity contribution in [3.05, 3.63) is 12.7 Å². The monoisotopic (exact) mass is 220 g/mol. The van der Waals surface area contributed by atoms with Crippen molar-refractivity contribution in [3.8, 4) is 0 Å². The van der Waals surface area contributed by atoms with Crippen LogP contribution in [0.2, 0.25) is 0 Å². The highest BCUT2D eigenvalue weighted by molar-refractivity contribution is 9.10. The maximum atomic E-state index is 10.5. The van der Waals surface area contributed by atoms with Gasteiger partial charge in [0.15, 0.2) is 0 Å². The molecule has 0 spiro atoms. The lowest BCUT2D eigenvalue weighted by molar-refractivity contribution is -0.137. The smallest absolute Gasteiger partial charge is 0.317 e. The number of carboxylic acids is 1. The minimum atomic E-state index is -0.830. The molecule has 11 heavy (non-hydrogen) atoms. The fraction of sp³-hybridized carbons (Fsp3) is 0.625. The van der Waals surface area contributed by atoms with Crippen LogP contribution in [0.4, 0.5) is 0 Å². The Hall–Kier alpha value is -0.310. The van der Waals surface area contributed by atoms with Crippen molar-refractivity contribution >= 4 is 21.9 Å². The third-order valence-corrected chi connectivity index (χ3v) is 2.62. The molecular formula is C8H13BrO2. The highest BCUT2D eigenvalue weighted by Gasteiger charge is 2.24. The fourth-order valence-electron chi connectivity index (χ4n) is 0.894. The Balaban J connectivity index is 4.25. The SMILES string of the molecule is C=C[C@@H](C(C)C)[C@@H](Br)C(=O)O. The van der Waals surface area contributed by atoms with Crippen molar-refractivity contribution < 1.29 is 9.90 Å². The van der Waals surface area contributed by atoms with Crippen LogP contribution in [0.15, 0.2) is 12.7 Å². The summed E-state index contributed by atoms with van der Waals surface area (Å²) in [7, 11) is 0. The second-order valence-corrected chi connectivity index (χ2v) is 3.78. The molecule has 2 nitrogen and oxygen atoms in total. The molecule has 0 unspecified atom stereocenters. The largest absolute Gasteiger partial charge is 0.480 e. The lowest BCUT2D eigenvalue weighted by Crippen LogP contribution is -2.25. The molecule has 0 saturated heterocycles. The number of halogens is 1. The Morgan fingerprint density at radius 2 is 2.09 bits per heavy atom. The summed E-state index contributed by atoms with van der Waals surface area (Å²) in [5.74, 6) is -0.538. The summed E-state index contributed by atoms with van der Waals surface area (Å²) in [5.41, 5.74) is 0. The van der Waals surface area contributed by atoms with Gasteiger partial charge in [-0.3, -0.25) is 4.79 Å². The molecule has 2 atom stereocenters. The Labute approximate surface area is 75.4 Å². The standard InChI is InChI=1S/C8H13BrO2/c1-4-6(5(2)3)7(9)8(10)11/h4-7H,1H2,2-3H3,(H,10,11)/t6-,7+/m0/s1. The predicted molar refractivity (Wildman–Crippen MR) is 48.9 cm³/mol. The van der Waals surface area contributed by atoms with Gasteiger partial charge in [-0.25, -0.2) is 0 Å². The van der Waals surface area contributed by atoms with Crippen molar-refractivity contribution in [2.24, 2.45) is 11.8 Å². The van der Waals surface area contributed by atoms with Gasteiger partial charge in [-0.1, -0.05) is 35.9 Å². The number of rotatable bonds is 4. The molecule has 64 valence electrons. The van der Waals surface area contributed by atoms with Crippen molar-refractivity contribution in [1.82, 2.24) is 0 Å². The summed E-state index contributed by atoms with van der Waals surface area (Å²) in [5, 5.41) is 8.64. The Morgan fingerprint density at radius 1 is 1.64 bits per heavy atom. The molecule has 0 aromatic rings. The third kappa shape index (κ3) is 3.06. The zero-order chi connectivity index (χ0) is 9.02. The number of hydrogen-bond acceptors (Lipinski definition) is 1. The fourth-order valence-corrected chi connectivity index (χ4v) is 1.72. The Kier molecular flexibility index (Phi) is 4.42. The second kappa shape index (κ2) is 4.54. The first kappa shape index (κ1) is 10.7. The summed E-state index contributed by atoms with van der Waals surface area (Å²) in [6.45, 7) is 7.54. The van der Waals surface area contributed by atoms with Crippen LogP contribution in [0.25, 0.3) is 0 Å². The van der Waals surface area contributed by atoms with Crippen molar-refractivity contribution in [2.45, 2.75) is 18.7 Å². The van der Waals surface area contributed by atoms with Gasteiger partial charge < -0.3 is 5.11 Å².